The third-order valence-electron chi connectivity index (χ3n) is 4.68. The summed E-state index contributed by atoms with van der Waals surface area (Å²) in [6.07, 6.45) is 1.61. The highest BCUT2D eigenvalue weighted by Gasteiger charge is 2.47. The van der Waals surface area contributed by atoms with Crippen molar-refractivity contribution in [3.05, 3.63) is 35.4 Å². The summed E-state index contributed by atoms with van der Waals surface area (Å²) in [5.74, 6) is -0.492. The van der Waals surface area contributed by atoms with Gasteiger partial charge in [0.2, 0.25) is 5.91 Å². The Morgan fingerprint density at radius 3 is 2.86 bits per heavy atom. The highest BCUT2D eigenvalue weighted by atomic mass is 16.5. The van der Waals surface area contributed by atoms with Gasteiger partial charge in [-0.1, -0.05) is 24.3 Å². The number of carboxylic acids is 1. The predicted molar refractivity (Wildman–Crippen MR) is 80.3 cm³/mol. The number of carboxylic acid groups (broad SMARTS) is 1. The van der Waals surface area contributed by atoms with E-state index in [0.717, 1.165) is 24.0 Å². The van der Waals surface area contributed by atoms with Gasteiger partial charge in [0.15, 0.2) is 0 Å². The van der Waals surface area contributed by atoms with E-state index in [4.69, 9.17) is 4.74 Å². The predicted octanol–water partition coefficient (Wildman–Crippen LogP) is 1.87. The fourth-order valence-electron chi connectivity index (χ4n) is 3.46. The first-order chi connectivity index (χ1) is 10.6. The van der Waals surface area contributed by atoms with Crippen LogP contribution in [-0.4, -0.2) is 42.1 Å². The maximum Gasteiger partial charge on any atom is 0.305 e. The van der Waals surface area contributed by atoms with Crippen molar-refractivity contribution in [2.75, 3.05) is 20.3 Å². The fraction of sp³-hybridized carbons (Fsp3) is 0.529. The number of hydrogen-bond acceptors (Lipinski definition) is 3. The molecule has 0 bridgehead atoms. The monoisotopic (exact) mass is 303 g/mol. The summed E-state index contributed by atoms with van der Waals surface area (Å²) in [5.41, 5.74) is 2.13. The Morgan fingerprint density at radius 1 is 1.36 bits per heavy atom. The lowest BCUT2D eigenvalue weighted by molar-refractivity contribution is -0.142. The summed E-state index contributed by atoms with van der Waals surface area (Å²) in [5, 5.41) is 9.22. The zero-order valence-corrected chi connectivity index (χ0v) is 12.7. The summed E-state index contributed by atoms with van der Waals surface area (Å²) in [4.78, 5) is 25.7. The molecule has 3 atom stereocenters. The van der Waals surface area contributed by atoms with E-state index in [1.807, 2.05) is 24.3 Å². The molecule has 1 heterocycles. The van der Waals surface area contributed by atoms with Crippen LogP contribution >= 0.6 is 0 Å². The lowest BCUT2D eigenvalue weighted by atomic mass is 9.90. The molecular formula is C17H21NO4. The summed E-state index contributed by atoms with van der Waals surface area (Å²) < 4.78 is 5.12. The largest absolute Gasteiger partial charge is 0.481 e. The Labute approximate surface area is 129 Å². The van der Waals surface area contributed by atoms with Crippen molar-refractivity contribution in [3.8, 4) is 0 Å². The third-order valence-corrected chi connectivity index (χ3v) is 4.68. The van der Waals surface area contributed by atoms with Gasteiger partial charge in [0.1, 0.15) is 0 Å². The number of carbonyl (C=O) groups excluding carboxylic acids is 1. The average Bonchev–Trinajstić information content (AvgIpc) is 3.26. The number of ether oxygens (including phenoxy) is 1. The van der Waals surface area contributed by atoms with E-state index in [1.54, 1.807) is 12.0 Å². The number of rotatable bonds is 5. The second-order valence-electron chi connectivity index (χ2n) is 6.15. The van der Waals surface area contributed by atoms with Gasteiger partial charge < -0.3 is 14.7 Å². The van der Waals surface area contributed by atoms with E-state index in [2.05, 4.69) is 0 Å². The highest BCUT2D eigenvalue weighted by Crippen LogP contribution is 2.43. The molecule has 5 nitrogen and oxygen atoms in total. The number of carbonyl (C=O) groups is 2. The van der Waals surface area contributed by atoms with Crippen molar-refractivity contribution < 1.29 is 19.4 Å². The maximum absolute atomic E-state index is 12.7. The molecule has 0 spiro atoms. The number of hydrogen-bond donors (Lipinski definition) is 1. The molecule has 0 radical (unpaired) electrons. The zero-order valence-electron chi connectivity index (χ0n) is 12.7. The fourth-order valence-corrected chi connectivity index (χ4v) is 3.46. The zero-order chi connectivity index (χ0) is 15.7. The van der Waals surface area contributed by atoms with E-state index in [9.17, 15) is 14.7 Å². The van der Waals surface area contributed by atoms with Gasteiger partial charge in [-0.3, -0.25) is 9.59 Å². The molecule has 1 aliphatic heterocycles. The minimum atomic E-state index is -0.872. The molecule has 2 aliphatic rings. The second kappa shape index (κ2) is 6.08. The molecule has 0 aromatic heterocycles. The SMILES string of the molecule is COC[C@H]1C[C@@H]1C(=O)N1CCc2ccccc2[C@H]1CC(=O)O. The normalized spacial score (nSPS) is 26.4. The minimum absolute atomic E-state index is 0.00140. The molecule has 1 aliphatic carbocycles. The molecule has 1 N–H and O–H groups in total. The van der Waals surface area contributed by atoms with Gasteiger partial charge in [-0.05, 0) is 29.9 Å². The van der Waals surface area contributed by atoms with Crippen LogP contribution in [0.1, 0.15) is 30.0 Å². The smallest absolute Gasteiger partial charge is 0.305 e. The van der Waals surface area contributed by atoms with Gasteiger partial charge in [-0.2, -0.15) is 0 Å². The summed E-state index contributed by atoms with van der Waals surface area (Å²) in [6.45, 7) is 1.20. The first kappa shape index (κ1) is 15.0. The Bertz CT molecular complexity index is 586. The van der Waals surface area contributed by atoms with Crippen LogP contribution in [0.3, 0.4) is 0 Å². The van der Waals surface area contributed by atoms with E-state index in [0.29, 0.717) is 19.1 Å². The molecule has 118 valence electrons. The molecular weight excluding hydrogens is 282 g/mol. The number of fused-ring (bicyclic) bond motifs is 1. The quantitative estimate of drug-likeness (QED) is 0.902. The van der Waals surface area contributed by atoms with Crippen LogP contribution in [0.15, 0.2) is 24.3 Å². The van der Waals surface area contributed by atoms with Crippen molar-refractivity contribution in [3.63, 3.8) is 0 Å². The summed E-state index contributed by atoms with van der Waals surface area (Å²) in [7, 11) is 1.64. The summed E-state index contributed by atoms with van der Waals surface area (Å²) >= 11 is 0. The van der Waals surface area contributed by atoms with Gasteiger partial charge >= 0.3 is 5.97 Å². The molecule has 0 saturated heterocycles. The Morgan fingerprint density at radius 2 is 2.14 bits per heavy atom. The number of amides is 1. The van der Waals surface area contributed by atoms with Gasteiger partial charge in [0, 0.05) is 26.2 Å². The van der Waals surface area contributed by atoms with Gasteiger partial charge in [0.25, 0.3) is 0 Å². The third kappa shape index (κ3) is 2.86. The van der Waals surface area contributed by atoms with Crippen LogP contribution in [-0.2, 0) is 20.7 Å². The molecule has 1 aromatic carbocycles. The molecule has 1 fully saturated rings. The molecule has 0 unspecified atom stereocenters. The standard InChI is InChI=1S/C17H21NO4/c1-22-10-12-8-14(12)17(21)18-7-6-11-4-2-3-5-13(11)15(18)9-16(19)20/h2-5,12,14-15H,6-10H2,1H3,(H,19,20)/t12-,14+,15-/m1/s1. The Hall–Kier alpha value is -1.88. The van der Waals surface area contributed by atoms with E-state index < -0.39 is 5.97 Å². The highest BCUT2D eigenvalue weighted by molar-refractivity contribution is 5.83. The van der Waals surface area contributed by atoms with Gasteiger partial charge in [-0.25, -0.2) is 0 Å². The molecule has 1 aromatic rings. The number of methoxy groups -OCH3 is 1. The van der Waals surface area contributed by atoms with Crippen LogP contribution in [0.25, 0.3) is 0 Å². The van der Waals surface area contributed by atoms with Gasteiger partial charge in [0.05, 0.1) is 12.5 Å². The van der Waals surface area contributed by atoms with Crippen LogP contribution in [0.5, 0.6) is 0 Å². The lowest BCUT2D eigenvalue weighted by Crippen LogP contribution is -2.42. The van der Waals surface area contributed by atoms with Crippen molar-refractivity contribution in [1.82, 2.24) is 4.90 Å². The average molecular weight is 303 g/mol. The Kier molecular flexibility index (Phi) is 4.16. The van der Waals surface area contributed by atoms with Crippen molar-refractivity contribution >= 4 is 11.9 Å². The first-order valence-electron chi connectivity index (χ1n) is 7.70. The van der Waals surface area contributed by atoms with Crippen molar-refractivity contribution in [2.45, 2.75) is 25.3 Å². The van der Waals surface area contributed by atoms with Crippen LogP contribution in [0.2, 0.25) is 0 Å². The topological polar surface area (TPSA) is 66.8 Å². The van der Waals surface area contributed by atoms with Crippen molar-refractivity contribution in [1.29, 1.82) is 0 Å². The minimum Gasteiger partial charge on any atom is -0.481 e. The van der Waals surface area contributed by atoms with Crippen LogP contribution in [0.4, 0.5) is 0 Å². The second-order valence-corrected chi connectivity index (χ2v) is 6.15. The molecule has 1 saturated carbocycles. The van der Waals surface area contributed by atoms with Crippen molar-refractivity contribution in [2.24, 2.45) is 11.8 Å². The summed E-state index contributed by atoms with van der Waals surface area (Å²) in [6, 6.07) is 7.49. The van der Waals surface area contributed by atoms with E-state index >= 15 is 0 Å². The van der Waals surface area contributed by atoms with E-state index in [-0.39, 0.29) is 24.3 Å². The number of nitrogens with zero attached hydrogens (tertiary/aromatic N) is 1. The molecule has 5 heteroatoms. The van der Waals surface area contributed by atoms with Gasteiger partial charge in [-0.15, -0.1) is 0 Å². The number of benzene rings is 1. The van der Waals surface area contributed by atoms with Crippen LogP contribution in [0, 0.1) is 11.8 Å². The lowest BCUT2D eigenvalue weighted by Gasteiger charge is -2.37. The Balaban J connectivity index is 1.81. The number of aliphatic carboxylic acids is 1. The maximum atomic E-state index is 12.7. The molecule has 3 rings (SSSR count). The first-order valence-corrected chi connectivity index (χ1v) is 7.70. The van der Waals surface area contributed by atoms with E-state index in [1.165, 1.54) is 0 Å². The van der Waals surface area contributed by atoms with Crippen LogP contribution < -0.4 is 0 Å². The molecule has 1 amide bonds. The molecule has 22 heavy (non-hydrogen) atoms.